The lowest BCUT2D eigenvalue weighted by Crippen LogP contribution is -2.27. The number of benzene rings is 4. The summed E-state index contributed by atoms with van der Waals surface area (Å²) < 4.78 is 24.8. The van der Waals surface area contributed by atoms with Gasteiger partial charge in [-0.3, -0.25) is 23.9 Å². The predicted octanol–water partition coefficient (Wildman–Crippen LogP) is 8.19. The number of hydrogen-bond acceptors (Lipinski definition) is 11. The Morgan fingerprint density at radius 1 is 0.781 bits per heavy atom. The van der Waals surface area contributed by atoms with Crippen LogP contribution in [0.15, 0.2) is 96.0 Å². The maximum atomic E-state index is 13.6. The minimum atomic E-state index is -0.514. The van der Waals surface area contributed by atoms with Crippen LogP contribution in [0.2, 0.25) is 5.02 Å². The minimum Gasteiger partial charge on any atom is -0.491 e. The molecule has 0 saturated heterocycles. The van der Waals surface area contributed by atoms with Crippen LogP contribution < -0.4 is 10.1 Å². The fraction of sp³-hybridized carbons (Fsp3) is 0.320. The number of aromatic nitrogens is 3. The Balaban J connectivity index is 0.705. The van der Waals surface area contributed by atoms with Crippen molar-refractivity contribution in [1.82, 2.24) is 20.1 Å². The van der Waals surface area contributed by atoms with Gasteiger partial charge in [0.05, 0.1) is 45.4 Å². The second-order valence-corrected chi connectivity index (χ2v) is 17.5. The molecule has 1 aliphatic carbocycles. The van der Waals surface area contributed by atoms with Gasteiger partial charge >= 0.3 is 0 Å². The number of aliphatic imine (C=N–C) groups is 1. The minimum absolute atomic E-state index is 0.0420. The first-order chi connectivity index (χ1) is 31.1. The lowest BCUT2D eigenvalue weighted by molar-refractivity contribution is -0.119. The van der Waals surface area contributed by atoms with E-state index in [2.05, 4.69) is 33.9 Å². The molecule has 1 amide bonds. The van der Waals surface area contributed by atoms with Gasteiger partial charge in [-0.1, -0.05) is 66.2 Å². The Kier molecular flexibility index (Phi) is 14.5. The van der Waals surface area contributed by atoms with Gasteiger partial charge in [0.1, 0.15) is 40.8 Å². The summed E-state index contributed by atoms with van der Waals surface area (Å²) >= 11 is 7.93. The van der Waals surface area contributed by atoms with Crippen LogP contribution in [0.4, 0.5) is 0 Å². The number of carbonyl (C=O) groups is 3. The number of nitrogens with one attached hydrogen (secondary N) is 1. The van der Waals surface area contributed by atoms with Crippen LogP contribution in [-0.4, -0.2) is 90.7 Å². The molecule has 330 valence electrons. The summed E-state index contributed by atoms with van der Waals surface area (Å²) in [5, 5.41) is 13.5. The number of hydrogen-bond donors (Lipinski definition) is 1. The van der Waals surface area contributed by atoms with E-state index in [-0.39, 0.29) is 30.3 Å². The molecule has 2 aliphatic rings. The molecule has 0 bridgehead atoms. The summed E-state index contributed by atoms with van der Waals surface area (Å²) in [6.45, 7) is 9.28. The molecule has 3 heterocycles. The van der Waals surface area contributed by atoms with Crippen molar-refractivity contribution in [3.63, 3.8) is 0 Å². The van der Waals surface area contributed by atoms with Crippen LogP contribution in [-0.2, 0) is 43.1 Å². The van der Waals surface area contributed by atoms with Crippen molar-refractivity contribution in [2.24, 2.45) is 4.99 Å². The summed E-state index contributed by atoms with van der Waals surface area (Å²) in [7, 11) is 0. The molecule has 12 nitrogen and oxygen atoms in total. The highest BCUT2D eigenvalue weighted by atomic mass is 35.5. The highest BCUT2D eigenvalue weighted by Gasteiger charge is 2.32. The first-order valence-corrected chi connectivity index (χ1v) is 22.7. The number of carbonyl (C=O) groups excluding carboxylic acids is 3. The van der Waals surface area contributed by atoms with Gasteiger partial charge < -0.3 is 24.3 Å². The molecule has 0 saturated carbocycles. The topological polar surface area (TPSA) is 143 Å². The number of nitrogens with zero attached hydrogens (tertiary/aromatic N) is 4. The quantitative estimate of drug-likeness (QED) is 0.0751. The number of aryl methyl sites for hydroxylation is 2. The normalized spacial score (nSPS) is 14.1. The summed E-state index contributed by atoms with van der Waals surface area (Å²) in [6.07, 6.45) is 1.40. The van der Waals surface area contributed by atoms with Gasteiger partial charge in [0.15, 0.2) is 5.82 Å². The van der Waals surface area contributed by atoms with E-state index in [9.17, 15) is 14.4 Å². The molecule has 14 heteroatoms. The van der Waals surface area contributed by atoms with Crippen molar-refractivity contribution in [1.29, 1.82) is 0 Å². The molecule has 2 aromatic heterocycles. The predicted molar refractivity (Wildman–Crippen MR) is 248 cm³/mol. The third-order valence-electron chi connectivity index (χ3n) is 11.3. The first-order valence-electron chi connectivity index (χ1n) is 21.5. The zero-order valence-electron chi connectivity index (χ0n) is 36.2. The van der Waals surface area contributed by atoms with Crippen molar-refractivity contribution in [2.45, 2.75) is 52.5 Å². The van der Waals surface area contributed by atoms with Crippen LogP contribution in [0, 0.1) is 20.8 Å². The Bertz CT molecular complexity index is 2670. The monoisotopic (exact) mass is 899 g/mol. The molecule has 1 atom stereocenters. The summed E-state index contributed by atoms with van der Waals surface area (Å²) in [5.74, 6) is 2.21. The zero-order chi connectivity index (χ0) is 44.6. The molecule has 0 radical (unpaired) electrons. The smallest absolute Gasteiger partial charge is 0.251 e. The largest absolute Gasteiger partial charge is 0.491 e. The molecule has 1 N–H and O–H groups in total. The summed E-state index contributed by atoms with van der Waals surface area (Å²) in [6, 6.07) is 28.2. The van der Waals surface area contributed by atoms with Crippen LogP contribution in [0.5, 0.6) is 5.75 Å². The molecule has 8 rings (SSSR count). The number of rotatable bonds is 20. The number of thiophene rings is 1. The lowest BCUT2D eigenvalue weighted by Gasteiger charge is -2.13. The molecule has 6 aromatic rings. The van der Waals surface area contributed by atoms with Crippen LogP contribution in [0.1, 0.15) is 72.7 Å². The van der Waals surface area contributed by atoms with E-state index >= 15 is 0 Å². The van der Waals surface area contributed by atoms with Gasteiger partial charge in [-0.25, -0.2) is 0 Å². The number of fused-ring (bicyclic) bond motifs is 4. The van der Waals surface area contributed by atoms with E-state index in [1.54, 1.807) is 17.4 Å². The third-order valence-corrected chi connectivity index (χ3v) is 12.8. The second-order valence-electron chi connectivity index (χ2n) is 15.9. The fourth-order valence-electron chi connectivity index (χ4n) is 7.92. The van der Waals surface area contributed by atoms with Gasteiger partial charge in [-0.05, 0) is 90.6 Å². The number of ketones is 2. The van der Waals surface area contributed by atoms with Gasteiger partial charge in [0.2, 0.25) is 0 Å². The summed E-state index contributed by atoms with van der Waals surface area (Å²) in [4.78, 5) is 44.6. The van der Waals surface area contributed by atoms with Crippen molar-refractivity contribution in [2.75, 3.05) is 52.8 Å². The molecular weight excluding hydrogens is 850 g/mol. The number of Topliss-reactive ketones (excluding diaryl/α,β-unsaturated/α-hetero) is 2. The maximum absolute atomic E-state index is 13.6. The van der Waals surface area contributed by atoms with Crippen LogP contribution in [0.3, 0.4) is 0 Å². The SMILES string of the molecule is Cc1sc2c(c1C)C(c1ccc(Cl)cc1)=N[C@@H](CC(=O)Cc1ccc(OCCOCCOCCOCCNC(=O)c3cccc(-c4ccc5c(c4)CC(=O)C5)c3)cc1)c1nnc(C)n1-2. The highest BCUT2D eigenvalue weighted by molar-refractivity contribution is 7.15. The lowest BCUT2D eigenvalue weighted by atomic mass is 9.99. The van der Waals surface area contributed by atoms with E-state index in [1.165, 1.54) is 4.88 Å². The Morgan fingerprint density at radius 2 is 1.47 bits per heavy atom. The van der Waals surface area contributed by atoms with Crippen molar-refractivity contribution < 1.29 is 33.3 Å². The van der Waals surface area contributed by atoms with E-state index < -0.39 is 6.04 Å². The molecule has 1 aliphatic heterocycles. The van der Waals surface area contributed by atoms with Gasteiger partial charge in [0.25, 0.3) is 5.91 Å². The van der Waals surface area contributed by atoms with E-state index in [1.807, 2.05) is 91.9 Å². The highest BCUT2D eigenvalue weighted by Crippen LogP contribution is 2.40. The van der Waals surface area contributed by atoms with E-state index in [0.29, 0.717) is 87.8 Å². The molecule has 0 fully saturated rings. The average molecular weight is 900 g/mol. The molecule has 64 heavy (non-hydrogen) atoms. The fourth-order valence-corrected chi connectivity index (χ4v) is 9.26. The Hall–Kier alpha value is -5.83. The second kappa shape index (κ2) is 20.8. The first kappa shape index (κ1) is 44.8. The van der Waals surface area contributed by atoms with Gasteiger partial charge in [0, 0.05) is 58.8 Å². The molecule has 0 unspecified atom stereocenters. The maximum Gasteiger partial charge on any atom is 0.251 e. The van der Waals surface area contributed by atoms with E-state index in [0.717, 1.165) is 61.0 Å². The number of ether oxygens (including phenoxy) is 4. The number of amides is 1. The number of halogens is 1. The van der Waals surface area contributed by atoms with Crippen molar-refractivity contribution in [3.8, 4) is 21.9 Å². The molecular formula is C50H50ClN5O7S. The molecule has 4 aromatic carbocycles. The van der Waals surface area contributed by atoms with E-state index in [4.69, 9.17) is 35.5 Å². The third kappa shape index (κ3) is 10.7. The van der Waals surface area contributed by atoms with Crippen molar-refractivity contribution >= 4 is 46.1 Å². The van der Waals surface area contributed by atoms with Crippen LogP contribution in [0.25, 0.3) is 16.1 Å². The average Bonchev–Trinajstić information content (AvgIpc) is 3.93. The van der Waals surface area contributed by atoms with Gasteiger partial charge in [-0.15, -0.1) is 21.5 Å². The zero-order valence-corrected chi connectivity index (χ0v) is 37.7. The Morgan fingerprint density at radius 3 is 2.23 bits per heavy atom. The molecule has 0 spiro atoms. The van der Waals surface area contributed by atoms with Gasteiger partial charge in [-0.2, -0.15) is 0 Å². The Labute approximate surface area is 381 Å². The standard InChI is InChI=1S/C50H50ClN5O7S/c1-31-32(2)64-50-46(31)47(35-11-13-41(51)14-12-35)53-45(48-55-54-33(3)56(48)50)30-42(57)25-34-7-15-44(16-8-34)63-24-23-62-22-21-61-20-19-60-18-17-52-49(59)39-6-4-5-36(26-39)37-9-10-38-28-43(58)29-40(38)27-37/h4-16,26-27,45H,17-25,28-30H2,1-3H3,(H,52,59)/t45-/m0/s1. The summed E-state index contributed by atoms with van der Waals surface area (Å²) in [5.41, 5.74) is 9.46. The van der Waals surface area contributed by atoms with Crippen LogP contribution >= 0.6 is 22.9 Å². The van der Waals surface area contributed by atoms with Crippen molar-refractivity contribution in [3.05, 3.63) is 151 Å².